The van der Waals surface area contributed by atoms with Crippen molar-refractivity contribution in [1.29, 1.82) is 0 Å². The maximum atomic E-state index is 12.9. The Morgan fingerprint density at radius 2 is 1.88 bits per heavy atom. The lowest BCUT2D eigenvalue weighted by Gasteiger charge is -2.36. The molecule has 1 amide bonds. The number of aromatic amines is 1. The van der Waals surface area contributed by atoms with E-state index in [0.29, 0.717) is 5.02 Å². The zero-order chi connectivity index (χ0) is 17.4. The van der Waals surface area contributed by atoms with Crippen molar-refractivity contribution in [2.75, 3.05) is 31.1 Å². The summed E-state index contributed by atoms with van der Waals surface area (Å²) in [5.74, 6) is 0.0810. The van der Waals surface area contributed by atoms with Gasteiger partial charge >= 0.3 is 0 Å². The Hall–Kier alpha value is -2.46. The van der Waals surface area contributed by atoms with Crippen LogP contribution in [0.5, 0.6) is 0 Å². The lowest BCUT2D eigenvalue weighted by atomic mass is 10.1. The highest BCUT2D eigenvalue weighted by atomic mass is 35.5. The minimum Gasteiger partial charge on any atom is -0.368 e. The number of piperazine rings is 1. The molecule has 4 rings (SSSR count). The highest BCUT2D eigenvalue weighted by molar-refractivity contribution is 6.31. The number of H-pyrrole nitrogens is 1. The van der Waals surface area contributed by atoms with Crippen molar-refractivity contribution in [2.24, 2.45) is 0 Å². The molecule has 1 fully saturated rings. The van der Waals surface area contributed by atoms with E-state index in [4.69, 9.17) is 11.6 Å². The summed E-state index contributed by atoms with van der Waals surface area (Å²) >= 11 is 6.02. The molecule has 2 heterocycles. The molecule has 1 aromatic heterocycles. The molecule has 0 spiro atoms. The number of anilines is 1. The molecule has 3 aromatic rings. The average Bonchev–Trinajstić information content (AvgIpc) is 3.04. The molecule has 4 nitrogen and oxygen atoms in total. The Labute approximate surface area is 152 Å². The number of fused-ring (bicyclic) bond motifs is 1. The molecule has 0 aliphatic carbocycles. The number of carbonyl (C=O) groups is 1. The summed E-state index contributed by atoms with van der Waals surface area (Å²) in [7, 11) is 0. The Kier molecular flexibility index (Phi) is 4.14. The number of hydrogen-bond acceptors (Lipinski definition) is 2. The van der Waals surface area contributed by atoms with Gasteiger partial charge in [-0.2, -0.15) is 0 Å². The van der Waals surface area contributed by atoms with Gasteiger partial charge in [0.2, 0.25) is 0 Å². The molecule has 0 unspecified atom stereocenters. The third kappa shape index (κ3) is 3.10. The highest BCUT2D eigenvalue weighted by Crippen LogP contribution is 2.24. The van der Waals surface area contributed by atoms with E-state index in [9.17, 15) is 4.79 Å². The summed E-state index contributed by atoms with van der Waals surface area (Å²) in [4.78, 5) is 20.3. The zero-order valence-electron chi connectivity index (χ0n) is 14.1. The minimum atomic E-state index is 0.0810. The van der Waals surface area contributed by atoms with Gasteiger partial charge in [0.1, 0.15) is 0 Å². The van der Waals surface area contributed by atoms with Gasteiger partial charge in [-0.25, -0.2) is 0 Å². The normalized spacial score (nSPS) is 15.0. The monoisotopic (exact) mass is 353 g/mol. The maximum Gasteiger partial charge on any atom is 0.256 e. The first-order chi connectivity index (χ1) is 12.1. The van der Waals surface area contributed by atoms with Gasteiger partial charge in [-0.3, -0.25) is 4.79 Å². The van der Waals surface area contributed by atoms with Gasteiger partial charge in [0, 0.05) is 54.0 Å². The second kappa shape index (κ2) is 6.45. The molecule has 0 atom stereocenters. The van der Waals surface area contributed by atoms with Crippen LogP contribution in [0.1, 0.15) is 15.9 Å². The van der Waals surface area contributed by atoms with Crippen LogP contribution in [0.2, 0.25) is 5.02 Å². The number of amides is 1. The molecule has 0 bridgehead atoms. The predicted molar refractivity (Wildman–Crippen MR) is 103 cm³/mol. The van der Waals surface area contributed by atoms with E-state index in [0.717, 1.165) is 42.6 Å². The second-order valence-electron chi connectivity index (χ2n) is 6.51. The molecular weight excluding hydrogens is 334 g/mol. The van der Waals surface area contributed by atoms with E-state index < -0.39 is 0 Å². The van der Waals surface area contributed by atoms with Gasteiger partial charge in [-0.05, 0) is 36.8 Å². The number of benzene rings is 2. The van der Waals surface area contributed by atoms with Crippen LogP contribution in [0.25, 0.3) is 10.9 Å². The molecule has 2 aromatic carbocycles. The first-order valence-corrected chi connectivity index (χ1v) is 8.87. The molecule has 1 aliphatic rings. The van der Waals surface area contributed by atoms with Crippen molar-refractivity contribution in [2.45, 2.75) is 6.92 Å². The third-order valence-electron chi connectivity index (χ3n) is 4.81. The molecule has 0 saturated carbocycles. The number of aromatic nitrogens is 1. The lowest BCUT2D eigenvalue weighted by molar-refractivity contribution is 0.0749. The van der Waals surface area contributed by atoms with Gasteiger partial charge in [0.25, 0.3) is 5.91 Å². The van der Waals surface area contributed by atoms with Crippen LogP contribution in [0, 0.1) is 6.92 Å². The molecule has 5 heteroatoms. The summed E-state index contributed by atoms with van der Waals surface area (Å²) in [5, 5.41) is 1.59. The van der Waals surface area contributed by atoms with Gasteiger partial charge in [-0.1, -0.05) is 29.8 Å². The number of hydrogen-bond donors (Lipinski definition) is 1. The SMILES string of the molecule is Cc1cccc(N2CCN(C(=O)c3c[nH]c4cc(Cl)ccc34)CC2)c1. The number of nitrogens with one attached hydrogen (secondary N) is 1. The van der Waals surface area contributed by atoms with Crippen LogP contribution < -0.4 is 4.90 Å². The van der Waals surface area contributed by atoms with E-state index in [1.807, 2.05) is 23.1 Å². The van der Waals surface area contributed by atoms with Gasteiger partial charge in [0.05, 0.1) is 5.56 Å². The second-order valence-corrected chi connectivity index (χ2v) is 6.95. The fourth-order valence-electron chi connectivity index (χ4n) is 3.44. The molecule has 0 radical (unpaired) electrons. The first-order valence-electron chi connectivity index (χ1n) is 8.49. The maximum absolute atomic E-state index is 12.9. The average molecular weight is 354 g/mol. The van der Waals surface area contributed by atoms with E-state index in [1.54, 1.807) is 6.20 Å². The third-order valence-corrected chi connectivity index (χ3v) is 5.04. The Morgan fingerprint density at radius 3 is 2.64 bits per heavy atom. The fraction of sp³-hybridized carbons (Fsp3) is 0.250. The predicted octanol–water partition coefficient (Wildman–Crippen LogP) is 4.09. The van der Waals surface area contributed by atoms with E-state index in [2.05, 4.69) is 41.1 Å². The standard InChI is InChI=1S/C20H20ClN3O/c1-14-3-2-4-16(11-14)23-7-9-24(10-8-23)20(25)18-13-22-19-12-15(21)5-6-17(18)19/h2-6,11-13,22H,7-10H2,1H3. The van der Waals surface area contributed by atoms with Crippen LogP contribution in [0.15, 0.2) is 48.7 Å². The molecule has 1 N–H and O–H groups in total. The molecule has 1 saturated heterocycles. The van der Waals surface area contributed by atoms with Crippen LogP contribution >= 0.6 is 11.6 Å². The molecule has 128 valence electrons. The van der Waals surface area contributed by atoms with Crippen molar-refractivity contribution in [3.63, 3.8) is 0 Å². The summed E-state index contributed by atoms with van der Waals surface area (Å²) < 4.78 is 0. The Balaban J connectivity index is 1.49. The van der Waals surface area contributed by atoms with E-state index >= 15 is 0 Å². The zero-order valence-corrected chi connectivity index (χ0v) is 14.9. The van der Waals surface area contributed by atoms with Crippen molar-refractivity contribution in [3.05, 3.63) is 64.8 Å². The topological polar surface area (TPSA) is 39.3 Å². The van der Waals surface area contributed by atoms with Crippen molar-refractivity contribution in [3.8, 4) is 0 Å². The number of nitrogens with zero attached hydrogens (tertiary/aromatic N) is 2. The minimum absolute atomic E-state index is 0.0810. The largest absolute Gasteiger partial charge is 0.368 e. The Morgan fingerprint density at radius 1 is 1.08 bits per heavy atom. The van der Waals surface area contributed by atoms with Crippen LogP contribution in [-0.2, 0) is 0 Å². The highest BCUT2D eigenvalue weighted by Gasteiger charge is 2.24. The lowest BCUT2D eigenvalue weighted by Crippen LogP contribution is -2.48. The van der Waals surface area contributed by atoms with Crippen LogP contribution in [-0.4, -0.2) is 42.0 Å². The number of aryl methyl sites for hydroxylation is 1. The number of carbonyl (C=O) groups excluding carboxylic acids is 1. The number of halogens is 1. The summed E-state index contributed by atoms with van der Waals surface area (Å²) in [5.41, 5.74) is 4.10. The summed E-state index contributed by atoms with van der Waals surface area (Å²) in [6.07, 6.45) is 1.79. The van der Waals surface area contributed by atoms with Crippen molar-refractivity contribution >= 4 is 34.1 Å². The van der Waals surface area contributed by atoms with E-state index in [-0.39, 0.29) is 5.91 Å². The quantitative estimate of drug-likeness (QED) is 0.753. The van der Waals surface area contributed by atoms with E-state index in [1.165, 1.54) is 11.3 Å². The molecule has 25 heavy (non-hydrogen) atoms. The van der Waals surface area contributed by atoms with Crippen molar-refractivity contribution in [1.82, 2.24) is 9.88 Å². The molecular formula is C20H20ClN3O. The van der Waals surface area contributed by atoms with Crippen LogP contribution in [0.3, 0.4) is 0 Å². The van der Waals surface area contributed by atoms with Gasteiger partial charge in [-0.15, -0.1) is 0 Å². The smallest absolute Gasteiger partial charge is 0.256 e. The summed E-state index contributed by atoms with van der Waals surface area (Å²) in [6.45, 7) is 5.26. The van der Waals surface area contributed by atoms with Crippen LogP contribution in [0.4, 0.5) is 5.69 Å². The summed E-state index contributed by atoms with van der Waals surface area (Å²) in [6, 6.07) is 14.1. The van der Waals surface area contributed by atoms with Crippen molar-refractivity contribution < 1.29 is 4.79 Å². The van der Waals surface area contributed by atoms with Gasteiger partial charge in [0.15, 0.2) is 0 Å². The first kappa shape index (κ1) is 16.0. The van der Waals surface area contributed by atoms with Gasteiger partial charge < -0.3 is 14.8 Å². The Bertz CT molecular complexity index is 926. The number of rotatable bonds is 2. The molecule has 1 aliphatic heterocycles. The fourth-order valence-corrected chi connectivity index (χ4v) is 3.61.